The molecule has 1 atom stereocenters. The van der Waals surface area contributed by atoms with Gasteiger partial charge in [-0.3, -0.25) is 4.79 Å². The molecule has 1 amide bonds. The summed E-state index contributed by atoms with van der Waals surface area (Å²) in [4.78, 5) is 14.7. The number of nitrogens with one attached hydrogen (secondary N) is 1. The highest BCUT2D eigenvalue weighted by Crippen LogP contribution is 2.25. The van der Waals surface area contributed by atoms with Gasteiger partial charge in [-0.25, -0.2) is 0 Å². The van der Waals surface area contributed by atoms with Crippen LogP contribution >= 0.6 is 15.9 Å². The van der Waals surface area contributed by atoms with Crippen LogP contribution in [-0.2, 0) is 4.79 Å². The first-order valence-electron chi connectivity index (χ1n) is 9.95. The Morgan fingerprint density at radius 3 is 2.54 bits per heavy atom. The van der Waals surface area contributed by atoms with E-state index in [4.69, 9.17) is 4.74 Å². The van der Waals surface area contributed by atoms with Gasteiger partial charge in [0.1, 0.15) is 5.75 Å². The Hall–Kier alpha value is -2.01. The minimum absolute atomic E-state index is 0.00938. The molecule has 3 rings (SSSR count). The molecule has 1 N–H and O–H groups in total. The second-order valence-electron chi connectivity index (χ2n) is 7.75. The number of halogens is 1. The third kappa shape index (κ3) is 5.51. The van der Waals surface area contributed by atoms with Crippen LogP contribution in [0.4, 0.5) is 5.69 Å². The van der Waals surface area contributed by atoms with Crippen molar-refractivity contribution in [1.29, 1.82) is 0 Å². The standard InChI is InChI=1S/C23H29BrN2O2/c1-16-10-12-26(13-11-16)20-6-4-19(5-7-20)18(3)25-23(27)15-28-21-8-9-22(24)17(2)14-21/h4-9,14,16,18H,10-13,15H2,1-3H3,(H,25,27). The predicted molar refractivity (Wildman–Crippen MR) is 118 cm³/mol. The van der Waals surface area contributed by atoms with Crippen LogP contribution in [0.1, 0.15) is 43.9 Å². The third-order valence-corrected chi connectivity index (χ3v) is 6.31. The summed E-state index contributed by atoms with van der Waals surface area (Å²) in [6.07, 6.45) is 2.51. The molecule has 28 heavy (non-hydrogen) atoms. The lowest BCUT2D eigenvalue weighted by atomic mass is 9.98. The number of piperidine rings is 1. The fourth-order valence-electron chi connectivity index (χ4n) is 3.46. The van der Waals surface area contributed by atoms with Gasteiger partial charge in [-0.15, -0.1) is 0 Å². The fraction of sp³-hybridized carbons (Fsp3) is 0.435. The predicted octanol–water partition coefficient (Wildman–Crippen LogP) is 5.25. The number of carbonyl (C=O) groups is 1. The maximum absolute atomic E-state index is 12.2. The Morgan fingerprint density at radius 2 is 1.89 bits per heavy atom. The summed E-state index contributed by atoms with van der Waals surface area (Å²) in [5.41, 5.74) is 3.44. The van der Waals surface area contributed by atoms with Gasteiger partial charge in [-0.05, 0) is 74.1 Å². The molecule has 4 nitrogen and oxygen atoms in total. The minimum atomic E-state index is -0.123. The van der Waals surface area contributed by atoms with Crippen molar-refractivity contribution in [3.05, 3.63) is 58.1 Å². The molecule has 0 bridgehead atoms. The maximum atomic E-state index is 12.2. The van der Waals surface area contributed by atoms with Crippen LogP contribution in [0.3, 0.4) is 0 Å². The van der Waals surface area contributed by atoms with Gasteiger partial charge in [-0.2, -0.15) is 0 Å². The van der Waals surface area contributed by atoms with E-state index < -0.39 is 0 Å². The summed E-state index contributed by atoms with van der Waals surface area (Å²) in [5.74, 6) is 1.40. The van der Waals surface area contributed by atoms with Crippen LogP contribution in [0, 0.1) is 12.8 Å². The van der Waals surface area contributed by atoms with Crippen molar-refractivity contribution in [2.75, 3.05) is 24.6 Å². The molecular weight excluding hydrogens is 416 g/mol. The van der Waals surface area contributed by atoms with Crippen LogP contribution in [0.2, 0.25) is 0 Å². The fourth-order valence-corrected chi connectivity index (χ4v) is 3.71. The molecule has 2 aromatic carbocycles. The van der Waals surface area contributed by atoms with Crippen molar-refractivity contribution in [1.82, 2.24) is 5.32 Å². The first-order chi connectivity index (χ1) is 13.4. The van der Waals surface area contributed by atoms with E-state index in [0.29, 0.717) is 5.75 Å². The Kier molecular flexibility index (Phi) is 7.00. The summed E-state index contributed by atoms with van der Waals surface area (Å²) >= 11 is 3.46. The summed E-state index contributed by atoms with van der Waals surface area (Å²) < 4.78 is 6.64. The van der Waals surface area contributed by atoms with E-state index >= 15 is 0 Å². The van der Waals surface area contributed by atoms with E-state index in [9.17, 15) is 4.79 Å². The molecule has 1 aliphatic rings. The van der Waals surface area contributed by atoms with Crippen molar-refractivity contribution in [2.24, 2.45) is 5.92 Å². The van der Waals surface area contributed by atoms with Crippen LogP contribution in [-0.4, -0.2) is 25.6 Å². The normalized spacial score (nSPS) is 15.9. The molecular formula is C23H29BrN2O2. The topological polar surface area (TPSA) is 41.6 Å². The molecule has 0 saturated carbocycles. The highest BCUT2D eigenvalue weighted by Gasteiger charge is 2.16. The molecule has 5 heteroatoms. The monoisotopic (exact) mass is 444 g/mol. The maximum Gasteiger partial charge on any atom is 0.258 e. The molecule has 1 saturated heterocycles. The van der Waals surface area contributed by atoms with E-state index in [1.54, 1.807) is 0 Å². The molecule has 2 aromatic rings. The quantitative estimate of drug-likeness (QED) is 0.661. The van der Waals surface area contributed by atoms with Gasteiger partial charge in [0.2, 0.25) is 0 Å². The van der Waals surface area contributed by atoms with Gasteiger partial charge in [-0.1, -0.05) is 35.0 Å². The van der Waals surface area contributed by atoms with Crippen molar-refractivity contribution >= 4 is 27.5 Å². The van der Waals surface area contributed by atoms with Crippen molar-refractivity contribution in [3.8, 4) is 5.75 Å². The number of amides is 1. The first-order valence-corrected chi connectivity index (χ1v) is 10.7. The van der Waals surface area contributed by atoms with Gasteiger partial charge in [0.05, 0.1) is 6.04 Å². The zero-order chi connectivity index (χ0) is 20.1. The van der Waals surface area contributed by atoms with Crippen molar-refractivity contribution < 1.29 is 9.53 Å². The number of aryl methyl sites for hydroxylation is 1. The second-order valence-corrected chi connectivity index (χ2v) is 8.60. The SMILES string of the molecule is Cc1cc(OCC(=O)NC(C)c2ccc(N3CCC(C)CC3)cc2)ccc1Br. The Bertz CT molecular complexity index is 799. The van der Waals surface area contributed by atoms with E-state index in [-0.39, 0.29) is 18.6 Å². The molecule has 1 fully saturated rings. The number of anilines is 1. The second kappa shape index (κ2) is 9.46. The first kappa shape index (κ1) is 20.7. The zero-order valence-corrected chi connectivity index (χ0v) is 18.5. The Labute approximate surface area is 176 Å². The molecule has 0 aromatic heterocycles. The lowest BCUT2D eigenvalue weighted by molar-refractivity contribution is -0.123. The smallest absolute Gasteiger partial charge is 0.258 e. The number of benzene rings is 2. The average molecular weight is 445 g/mol. The third-order valence-electron chi connectivity index (χ3n) is 5.42. The summed E-state index contributed by atoms with van der Waals surface area (Å²) in [6.45, 7) is 8.58. The Balaban J connectivity index is 1.50. The van der Waals surface area contributed by atoms with E-state index in [1.807, 2.05) is 32.0 Å². The molecule has 0 aliphatic carbocycles. The van der Waals surface area contributed by atoms with Crippen LogP contribution in [0.5, 0.6) is 5.75 Å². The van der Waals surface area contributed by atoms with Crippen molar-refractivity contribution in [2.45, 2.75) is 39.7 Å². The molecule has 1 aliphatic heterocycles. The molecule has 1 heterocycles. The average Bonchev–Trinajstić information content (AvgIpc) is 2.69. The number of carbonyl (C=O) groups excluding carboxylic acids is 1. The van der Waals surface area contributed by atoms with Gasteiger partial charge >= 0.3 is 0 Å². The van der Waals surface area contributed by atoms with E-state index in [1.165, 1.54) is 18.5 Å². The summed E-state index contributed by atoms with van der Waals surface area (Å²) in [6, 6.07) is 14.2. The lowest BCUT2D eigenvalue weighted by Gasteiger charge is -2.32. The van der Waals surface area contributed by atoms with Crippen molar-refractivity contribution in [3.63, 3.8) is 0 Å². The minimum Gasteiger partial charge on any atom is -0.484 e. The Morgan fingerprint density at radius 1 is 1.21 bits per heavy atom. The van der Waals surface area contributed by atoms with E-state index in [0.717, 1.165) is 34.6 Å². The number of hydrogen-bond acceptors (Lipinski definition) is 3. The largest absolute Gasteiger partial charge is 0.484 e. The molecule has 0 radical (unpaired) electrons. The van der Waals surface area contributed by atoms with Crippen LogP contribution in [0.15, 0.2) is 46.9 Å². The number of hydrogen-bond donors (Lipinski definition) is 1. The van der Waals surface area contributed by atoms with Gasteiger partial charge in [0.25, 0.3) is 5.91 Å². The lowest BCUT2D eigenvalue weighted by Crippen LogP contribution is -2.33. The number of rotatable bonds is 6. The molecule has 150 valence electrons. The van der Waals surface area contributed by atoms with E-state index in [2.05, 4.69) is 57.3 Å². The highest BCUT2D eigenvalue weighted by molar-refractivity contribution is 9.10. The number of nitrogens with zero attached hydrogens (tertiary/aromatic N) is 1. The zero-order valence-electron chi connectivity index (χ0n) is 16.9. The molecule has 0 spiro atoms. The molecule has 1 unspecified atom stereocenters. The number of ether oxygens (including phenoxy) is 1. The van der Waals surface area contributed by atoms with Crippen LogP contribution in [0.25, 0.3) is 0 Å². The highest BCUT2D eigenvalue weighted by atomic mass is 79.9. The van der Waals surface area contributed by atoms with Crippen LogP contribution < -0.4 is 15.0 Å². The van der Waals surface area contributed by atoms with Gasteiger partial charge in [0, 0.05) is 23.2 Å². The summed E-state index contributed by atoms with van der Waals surface area (Å²) in [5, 5.41) is 3.01. The summed E-state index contributed by atoms with van der Waals surface area (Å²) in [7, 11) is 0. The van der Waals surface area contributed by atoms with Gasteiger partial charge < -0.3 is 15.0 Å². The van der Waals surface area contributed by atoms with Gasteiger partial charge in [0.15, 0.2) is 6.61 Å².